The van der Waals surface area contributed by atoms with Gasteiger partial charge in [0, 0.05) is 6.54 Å². The van der Waals surface area contributed by atoms with Crippen molar-refractivity contribution in [2.45, 2.75) is 50.4 Å². The first-order chi connectivity index (χ1) is 7.76. The zero-order chi connectivity index (χ0) is 13.1. The number of hydrogen-bond donors (Lipinski definition) is 2. The number of nitrogens with two attached hydrogens (primary N) is 1. The Morgan fingerprint density at radius 2 is 2.00 bits per heavy atom. The Morgan fingerprint density at radius 1 is 1.35 bits per heavy atom. The molecule has 2 unspecified atom stereocenters. The zero-order valence-corrected chi connectivity index (χ0v) is 10.1. The van der Waals surface area contributed by atoms with Crippen LogP contribution >= 0.6 is 0 Å². The van der Waals surface area contributed by atoms with E-state index >= 15 is 0 Å². The minimum Gasteiger partial charge on any atom is -0.390 e. The first kappa shape index (κ1) is 14.7. The summed E-state index contributed by atoms with van der Waals surface area (Å²) in [4.78, 5) is 1.41. The highest BCUT2D eigenvalue weighted by atomic mass is 19.4. The molecule has 1 aliphatic rings. The highest BCUT2D eigenvalue weighted by Crippen LogP contribution is 2.30. The molecule has 1 aliphatic heterocycles. The van der Waals surface area contributed by atoms with Gasteiger partial charge in [-0.05, 0) is 45.7 Å². The number of rotatable bonds is 3. The Hall–Kier alpha value is -0.330. The van der Waals surface area contributed by atoms with Crippen LogP contribution in [-0.2, 0) is 0 Å². The summed E-state index contributed by atoms with van der Waals surface area (Å²) in [6.45, 7) is 2.36. The molecule has 2 atom stereocenters. The molecular formula is C11H21F3N2O. The molecule has 0 aromatic carbocycles. The third kappa shape index (κ3) is 4.44. The van der Waals surface area contributed by atoms with Crippen molar-refractivity contribution < 1.29 is 18.3 Å². The Balaban J connectivity index is 2.68. The van der Waals surface area contributed by atoms with Crippen LogP contribution in [0.3, 0.4) is 0 Å². The highest BCUT2D eigenvalue weighted by Gasteiger charge is 2.43. The van der Waals surface area contributed by atoms with Crippen LogP contribution in [0.15, 0.2) is 0 Å². The molecule has 0 saturated carbocycles. The molecule has 1 fully saturated rings. The second-order valence-corrected chi connectivity index (χ2v) is 5.02. The van der Waals surface area contributed by atoms with E-state index in [4.69, 9.17) is 5.73 Å². The lowest BCUT2D eigenvalue weighted by atomic mass is 9.98. The van der Waals surface area contributed by atoms with Gasteiger partial charge < -0.3 is 10.8 Å². The summed E-state index contributed by atoms with van der Waals surface area (Å²) in [6, 6.07) is -1.47. The van der Waals surface area contributed by atoms with Crippen molar-refractivity contribution in [2.24, 2.45) is 5.73 Å². The van der Waals surface area contributed by atoms with E-state index in [9.17, 15) is 18.3 Å². The third-order valence-corrected chi connectivity index (χ3v) is 3.36. The minimum absolute atomic E-state index is 0.0249. The summed E-state index contributed by atoms with van der Waals surface area (Å²) in [6.07, 6.45) is -2.80. The van der Waals surface area contributed by atoms with E-state index < -0.39 is 17.8 Å². The van der Waals surface area contributed by atoms with Gasteiger partial charge in [0.05, 0.1) is 5.60 Å². The highest BCUT2D eigenvalue weighted by molar-refractivity contribution is 4.85. The van der Waals surface area contributed by atoms with Crippen LogP contribution in [0, 0.1) is 0 Å². The average Bonchev–Trinajstić information content (AvgIpc) is 2.34. The van der Waals surface area contributed by atoms with Crippen LogP contribution < -0.4 is 5.73 Å². The van der Waals surface area contributed by atoms with Gasteiger partial charge in [-0.25, -0.2) is 0 Å². The van der Waals surface area contributed by atoms with Crippen molar-refractivity contribution in [3.05, 3.63) is 0 Å². The van der Waals surface area contributed by atoms with Crippen LogP contribution in [0.25, 0.3) is 0 Å². The van der Waals surface area contributed by atoms with Crippen molar-refractivity contribution in [2.75, 3.05) is 19.6 Å². The number of alkyl halides is 3. The second kappa shape index (κ2) is 5.54. The van der Waals surface area contributed by atoms with E-state index in [1.165, 1.54) is 4.90 Å². The minimum atomic E-state index is -4.24. The van der Waals surface area contributed by atoms with Gasteiger partial charge in [-0.3, -0.25) is 4.90 Å². The molecule has 0 aromatic rings. The van der Waals surface area contributed by atoms with Crippen molar-refractivity contribution >= 4 is 0 Å². The largest absolute Gasteiger partial charge is 0.404 e. The standard InChI is InChI=1S/C11H21F3N2O/c1-10(17)4-2-7-16(8-5-10)9(3-6-15)11(12,13)14/h9,17H,2-8,15H2,1H3. The molecule has 1 saturated heterocycles. The van der Waals surface area contributed by atoms with Gasteiger partial charge in [0.1, 0.15) is 6.04 Å². The monoisotopic (exact) mass is 254 g/mol. The lowest BCUT2D eigenvalue weighted by Gasteiger charge is -2.32. The van der Waals surface area contributed by atoms with Gasteiger partial charge in [-0.15, -0.1) is 0 Å². The molecule has 3 nitrogen and oxygen atoms in total. The number of likely N-dealkylation sites (tertiary alicyclic amines) is 1. The van der Waals surface area contributed by atoms with Gasteiger partial charge in [-0.1, -0.05) is 0 Å². The fourth-order valence-electron chi connectivity index (χ4n) is 2.31. The predicted molar refractivity (Wildman–Crippen MR) is 59.6 cm³/mol. The fourth-order valence-corrected chi connectivity index (χ4v) is 2.31. The van der Waals surface area contributed by atoms with Crippen molar-refractivity contribution in [1.29, 1.82) is 0 Å². The molecule has 0 amide bonds. The summed E-state index contributed by atoms with van der Waals surface area (Å²) in [7, 11) is 0. The van der Waals surface area contributed by atoms with E-state index in [1.807, 2.05) is 0 Å². The van der Waals surface area contributed by atoms with E-state index in [0.717, 1.165) is 0 Å². The fraction of sp³-hybridized carbons (Fsp3) is 1.00. The molecular weight excluding hydrogens is 233 g/mol. The number of aliphatic hydroxyl groups is 1. The first-order valence-electron chi connectivity index (χ1n) is 5.99. The van der Waals surface area contributed by atoms with Crippen LogP contribution in [0.4, 0.5) is 13.2 Å². The zero-order valence-electron chi connectivity index (χ0n) is 10.1. The summed E-state index contributed by atoms with van der Waals surface area (Å²) in [5.74, 6) is 0. The molecule has 102 valence electrons. The van der Waals surface area contributed by atoms with Crippen LogP contribution in [0.2, 0.25) is 0 Å². The Labute approximate surface area is 99.8 Å². The number of nitrogens with zero attached hydrogens (tertiary/aromatic N) is 1. The molecule has 6 heteroatoms. The molecule has 0 aromatic heterocycles. The predicted octanol–water partition coefficient (Wildman–Crippen LogP) is 1.50. The van der Waals surface area contributed by atoms with Crippen molar-refractivity contribution in [1.82, 2.24) is 4.90 Å². The van der Waals surface area contributed by atoms with E-state index in [-0.39, 0.29) is 19.5 Å². The Bertz CT molecular complexity index is 243. The number of halogens is 3. The van der Waals surface area contributed by atoms with Gasteiger partial charge in [0.15, 0.2) is 0 Å². The molecule has 3 N–H and O–H groups in total. The maximum Gasteiger partial charge on any atom is 0.404 e. The normalized spacial score (nSPS) is 30.0. The summed E-state index contributed by atoms with van der Waals surface area (Å²) >= 11 is 0. The lowest BCUT2D eigenvalue weighted by molar-refractivity contribution is -0.185. The SMILES string of the molecule is CC1(O)CCCN(C(CCN)C(F)(F)F)CC1. The molecule has 0 spiro atoms. The number of hydrogen-bond acceptors (Lipinski definition) is 3. The van der Waals surface area contributed by atoms with Crippen molar-refractivity contribution in [3.63, 3.8) is 0 Å². The lowest BCUT2D eigenvalue weighted by Crippen LogP contribution is -2.47. The van der Waals surface area contributed by atoms with Crippen LogP contribution in [0.5, 0.6) is 0 Å². The summed E-state index contributed by atoms with van der Waals surface area (Å²) in [5, 5.41) is 9.85. The third-order valence-electron chi connectivity index (χ3n) is 3.36. The van der Waals surface area contributed by atoms with E-state index in [2.05, 4.69) is 0 Å². The Morgan fingerprint density at radius 3 is 2.53 bits per heavy atom. The molecule has 0 aliphatic carbocycles. The topological polar surface area (TPSA) is 49.5 Å². The Kier molecular flexibility index (Phi) is 4.80. The van der Waals surface area contributed by atoms with E-state index in [1.54, 1.807) is 6.92 Å². The summed E-state index contributed by atoms with van der Waals surface area (Å²) in [5.41, 5.74) is 4.41. The first-order valence-corrected chi connectivity index (χ1v) is 5.99. The molecule has 1 heterocycles. The van der Waals surface area contributed by atoms with Gasteiger partial charge >= 0.3 is 6.18 Å². The van der Waals surface area contributed by atoms with Gasteiger partial charge in [-0.2, -0.15) is 13.2 Å². The smallest absolute Gasteiger partial charge is 0.390 e. The summed E-state index contributed by atoms with van der Waals surface area (Å²) < 4.78 is 38.6. The van der Waals surface area contributed by atoms with Crippen LogP contribution in [0.1, 0.15) is 32.6 Å². The maximum atomic E-state index is 12.9. The molecule has 1 rings (SSSR count). The average molecular weight is 254 g/mol. The van der Waals surface area contributed by atoms with E-state index in [0.29, 0.717) is 25.8 Å². The molecule has 0 bridgehead atoms. The van der Waals surface area contributed by atoms with Crippen LogP contribution in [-0.4, -0.2) is 47.5 Å². The maximum absolute atomic E-state index is 12.9. The molecule has 0 radical (unpaired) electrons. The van der Waals surface area contributed by atoms with Gasteiger partial charge in [0.2, 0.25) is 0 Å². The second-order valence-electron chi connectivity index (χ2n) is 5.02. The van der Waals surface area contributed by atoms with Gasteiger partial charge in [0.25, 0.3) is 0 Å². The quantitative estimate of drug-likeness (QED) is 0.802. The van der Waals surface area contributed by atoms with Crippen molar-refractivity contribution in [3.8, 4) is 0 Å². The molecule has 17 heavy (non-hydrogen) atoms.